The molecule has 1 aliphatic heterocycles. The molecule has 3 heterocycles. The number of nitrogens with one attached hydrogen (secondary N) is 1. The predicted octanol–water partition coefficient (Wildman–Crippen LogP) is 2.33. The number of fused-ring (bicyclic) bond motifs is 1. The van der Waals surface area contributed by atoms with E-state index < -0.39 is 0 Å². The first kappa shape index (κ1) is 14.1. The molecule has 7 heteroatoms. The van der Waals surface area contributed by atoms with Crippen LogP contribution in [0.2, 0.25) is 0 Å². The van der Waals surface area contributed by atoms with Gasteiger partial charge in [0, 0.05) is 25.0 Å². The van der Waals surface area contributed by atoms with Gasteiger partial charge in [0.2, 0.25) is 11.9 Å². The number of anilines is 2. The van der Waals surface area contributed by atoms with Gasteiger partial charge >= 0.3 is 6.01 Å². The van der Waals surface area contributed by atoms with E-state index in [1.54, 1.807) is 7.05 Å². The molecule has 3 rings (SSSR count). The Morgan fingerprint density at radius 3 is 3.10 bits per heavy atom. The molecule has 0 fully saturated rings. The minimum atomic E-state index is 0.391. The van der Waals surface area contributed by atoms with Gasteiger partial charge in [0.25, 0.3) is 0 Å². The number of aromatic nitrogens is 3. The first-order valence-electron chi connectivity index (χ1n) is 7.17. The van der Waals surface area contributed by atoms with Crippen molar-refractivity contribution < 1.29 is 4.74 Å². The normalized spacial score (nSPS) is 13.9. The number of nitrogens with zero attached hydrogens (tertiary/aromatic N) is 4. The molecular weight excluding hydrogens is 286 g/mol. The lowest BCUT2D eigenvalue weighted by Gasteiger charge is -2.27. The van der Waals surface area contributed by atoms with Gasteiger partial charge < -0.3 is 15.0 Å². The summed E-state index contributed by atoms with van der Waals surface area (Å²) in [6.45, 7) is 4.44. The van der Waals surface area contributed by atoms with E-state index >= 15 is 0 Å². The molecule has 0 atom stereocenters. The van der Waals surface area contributed by atoms with Crippen LogP contribution < -0.4 is 15.0 Å². The van der Waals surface area contributed by atoms with E-state index in [1.165, 1.54) is 10.4 Å². The number of ether oxygens (including phenoxy) is 1. The van der Waals surface area contributed by atoms with E-state index in [1.807, 2.05) is 11.3 Å². The second kappa shape index (κ2) is 6.26. The highest BCUT2D eigenvalue weighted by Crippen LogP contribution is 2.27. The molecule has 6 nitrogen and oxygen atoms in total. The van der Waals surface area contributed by atoms with Gasteiger partial charge in [-0.3, -0.25) is 0 Å². The van der Waals surface area contributed by atoms with Gasteiger partial charge in [0.05, 0.1) is 6.61 Å². The Morgan fingerprint density at radius 1 is 1.38 bits per heavy atom. The maximum atomic E-state index is 5.56. The smallest absolute Gasteiger partial charge is 0.323 e. The Bertz CT molecular complexity index is 615. The van der Waals surface area contributed by atoms with Crippen LogP contribution in [-0.2, 0) is 13.0 Å². The van der Waals surface area contributed by atoms with Crippen molar-refractivity contribution in [3.05, 3.63) is 21.9 Å². The first-order chi connectivity index (χ1) is 10.3. The maximum Gasteiger partial charge on any atom is 0.323 e. The van der Waals surface area contributed by atoms with Crippen molar-refractivity contribution in [2.45, 2.75) is 26.3 Å². The summed E-state index contributed by atoms with van der Waals surface area (Å²) >= 11 is 1.83. The van der Waals surface area contributed by atoms with Gasteiger partial charge in [-0.1, -0.05) is 6.92 Å². The topological polar surface area (TPSA) is 63.2 Å². The fourth-order valence-electron chi connectivity index (χ4n) is 2.28. The summed E-state index contributed by atoms with van der Waals surface area (Å²) in [5.74, 6) is 1.22. The van der Waals surface area contributed by atoms with E-state index in [0.717, 1.165) is 25.9 Å². The molecule has 0 saturated heterocycles. The molecule has 0 radical (unpaired) electrons. The Hall–Kier alpha value is -1.89. The van der Waals surface area contributed by atoms with Crippen LogP contribution >= 0.6 is 11.3 Å². The Kier molecular flexibility index (Phi) is 4.19. The van der Waals surface area contributed by atoms with Crippen LogP contribution in [0, 0.1) is 0 Å². The van der Waals surface area contributed by atoms with Crippen molar-refractivity contribution in [2.75, 3.05) is 30.4 Å². The number of rotatable bonds is 5. The monoisotopic (exact) mass is 305 g/mol. The Balaban J connectivity index is 1.84. The zero-order valence-electron chi connectivity index (χ0n) is 12.3. The summed E-state index contributed by atoms with van der Waals surface area (Å²) in [5.41, 5.74) is 1.37. The summed E-state index contributed by atoms with van der Waals surface area (Å²) in [6.07, 6.45) is 1.97. The van der Waals surface area contributed by atoms with Crippen molar-refractivity contribution in [3.8, 4) is 6.01 Å². The van der Waals surface area contributed by atoms with Crippen molar-refractivity contribution in [1.29, 1.82) is 0 Å². The zero-order chi connectivity index (χ0) is 14.7. The Labute approximate surface area is 128 Å². The standard InChI is InChI=1S/C14H19N5OS/c1-3-7-20-14-17-12(15-2)16-13(18-14)19-6-4-11-10(9-19)5-8-21-11/h5,8H,3-4,6-7,9H2,1-2H3,(H,15,16,17,18). The van der Waals surface area contributed by atoms with Crippen LogP contribution in [0.25, 0.3) is 0 Å². The molecule has 0 spiro atoms. The van der Waals surface area contributed by atoms with Gasteiger partial charge in [-0.05, 0) is 29.9 Å². The number of hydrogen-bond acceptors (Lipinski definition) is 7. The van der Waals surface area contributed by atoms with Crippen molar-refractivity contribution >= 4 is 23.2 Å². The van der Waals surface area contributed by atoms with Crippen LogP contribution in [0.15, 0.2) is 11.4 Å². The van der Waals surface area contributed by atoms with Crippen LogP contribution in [-0.4, -0.2) is 35.2 Å². The molecule has 1 aliphatic rings. The molecule has 2 aromatic heterocycles. The van der Waals surface area contributed by atoms with Crippen LogP contribution in [0.1, 0.15) is 23.8 Å². The van der Waals surface area contributed by atoms with Gasteiger partial charge in [-0.25, -0.2) is 0 Å². The van der Waals surface area contributed by atoms with Crippen LogP contribution in [0.5, 0.6) is 6.01 Å². The highest BCUT2D eigenvalue weighted by Gasteiger charge is 2.21. The average Bonchev–Trinajstić information content (AvgIpc) is 3.00. The third-order valence-corrected chi connectivity index (χ3v) is 4.38. The second-order valence-electron chi connectivity index (χ2n) is 4.88. The quantitative estimate of drug-likeness (QED) is 0.914. The second-order valence-corrected chi connectivity index (χ2v) is 5.88. The summed E-state index contributed by atoms with van der Waals surface area (Å²) in [4.78, 5) is 16.8. The minimum Gasteiger partial charge on any atom is -0.463 e. The lowest BCUT2D eigenvalue weighted by Crippen LogP contribution is -2.31. The highest BCUT2D eigenvalue weighted by atomic mass is 32.1. The van der Waals surface area contributed by atoms with E-state index in [2.05, 4.69) is 43.5 Å². The summed E-state index contributed by atoms with van der Waals surface area (Å²) in [6, 6.07) is 2.57. The molecule has 2 aromatic rings. The summed E-state index contributed by atoms with van der Waals surface area (Å²) < 4.78 is 5.56. The highest BCUT2D eigenvalue weighted by molar-refractivity contribution is 7.10. The maximum absolute atomic E-state index is 5.56. The molecule has 112 valence electrons. The van der Waals surface area contributed by atoms with E-state index in [-0.39, 0.29) is 0 Å². The molecule has 0 saturated carbocycles. The number of hydrogen-bond donors (Lipinski definition) is 1. The fraction of sp³-hybridized carbons (Fsp3) is 0.500. The van der Waals surface area contributed by atoms with Crippen molar-refractivity contribution in [1.82, 2.24) is 15.0 Å². The van der Waals surface area contributed by atoms with Gasteiger partial charge in [0.1, 0.15) is 0 Å². The molecule has 0 bridgehead atoms. The third-order valence-electron chi connectivity index (χ3n) is 3.35. The zero-order valence-corrected chi connectivity index (χ0v) is 13.1. The van der Waals surface area contributed by atoms with E-state index in [0.29, 0.717) is 24.5 Å². The minimum absolute atomic E-state index is 0.391. The summed E-state index contributed by atoms with van der Waals surface area (Å²) in [7, 11) is 1.80. The van der Waals surface area contributed by atoms with Crippen molar-refractivity contribution in [3.63, 3.8) is 0 Å². The molecule has 0 aliphatic carbocycles. The van der Waals surface area contributed by atoms with Crippen LogP contribution in [0.3, 0.4) is 0 Å². The van der Waals surface area contributed by atoms with Crippen LogP contribution in [0.4, 0.5) is 11.9 Å². The van der Waals surface area contributed by atoms with Crippen molar-refractivity contribution in [2.24, 2.45) is 0 Å². The predicted molar refractivity (Wildman–Crippen MR) is 84.2 cm³/mol. The molecule has 21 heavy (non-hydrogen) atoms. The lowest BCUT2D eigenvalue weighted by atomic mass is 10.1. The number of thiophene rings is 1. The molecule has 1 N–H and O–H groups in total. The summed E-state index contributed by atoms with van der Waals surface area (Å²) in [5, 5.41) is 5.12. The third kappa shape index (κ3) is 3.07. The van der Waals surface area contributed by atoms with Gasteiger partial charge in [0.15, 0.2) is 0 Å². The lowest BCUT2D eigenvalue weighted by molar-refractivity contribution is 0.291. The SMILES string of the molecule is CCCOc1nc(NC)nc(N2CCc3sccc3C2)n1. The Morgan fingerprint density at radius 2 is 2.29 bits per heavy atom. The van der Waals surface area contributed by atoms with Gasteiger partial charge in [-0.15, -0.1) is 11.3 Å². The largest absolute Gasteiger partial charge is 0.463 e. The molecule has 0 unspecified atom stereocenters. The van der Waals surface area contributed by atoms with E-state index in [9.17, 15) is 0 Å². The average molecular weight is 305 g/mol. The molecular formula is C14H19N5OS. The molecule has 0 amide bonds. The van der Waals surface area contributed by atoms with Gasteiger partial charge in [-0.2, -0.15) is 15.0 Å². The fourth-order valence-corrected chi connectivity index (χ4v) is 3.17. The molecule has 0 aromatic carbocycles. The first-order valence-corrected chi connectivity index (χ1v) is 8.05. The van der Waals surface area contributed by atoms with E-state index in [4.69, 9.17) is 4.74 Å².